The van der Waals surface area contributed by atoms with E-state index in [1.165, 1.54) is 32.1 Å². The zero-order valence-electron chi connectivity index (χ0n) is 11.3. The molecule has 18 heavy (non-hydrogen) atoms. The van der Waals surface area contributed by atoms with Crippen molar-refractivity contribution in [3.63, 3.8) is 0 Å². The van der Waals surface area contributed by atoms with E-state index in [1.54, 1.807) is 10.9 Å². The lowest BCUT2D eigenvalue weighted by molar-refractivity contribution is 0.0887. The van der Waals surface area contributed by atoms with Crippen LogP contribution in [0.3, 0.4) is 0 Å². The average Bonchev–Trinajstić information content (AvgIpc) is 2.76. The lowest BCUT2D eigenvalue weighted by Gasteiger charge is -2.18. The van der Waals surface area contributed by atoms with Crippen molar-refractivity contribution in [2.75, 3.05) is 0 Å². The molecule has 0 N–H and O–H groups in total. The van der Waals surface area contributed by atoms with E-state index in [0.717, 1.165) is 25.8 Å². The third-order valence-electron chi connectivity index (χ3n) is 3.78. The molecule has 0 amide bonds. The number of Topliss-reactive ketones (excluding diaryl/α,β-unsaturated/α-hetero) is 1. The van der Waals surface area contributed by atoms with E-state index < -0.39 is 0 Å². The molecule has 1 aromatic rings. The van der Waals surface area contributed by atoms with Crippen molar-refractivity contribution in [1.29, 1.82) is 0 Å². The second kappa shape index (κ2) is 6.66. The molecule has 4 heteroatoms. The summed E-state index contributed by atoms with van der Waals surface area (Å²) in [6.45, 7) is 2.87. The molecule has 0 bridgehead atoms. The number of carbonyl (C=O) groups is 1. The highest BCUT2D eigenvalue weighted by molar-refractivity contribution is 5.96. The monoisotopic (exact) mass is 249 g/mol. The van der Waals surface area contributed by atoms with Crippen LogP contribution >= 0.6 is 0 Å². The van der Waals surface area contributed by atoms with Crippen molar-refractivity contribution in [3.05, 3.63) is 11.9 Å². The highest BCUT2D eigenvalue weighted by Gasteiger charge is 2.23. The Bertz CT molecular complexity index is 378. The fourth-order valence-corrected chi connectivity index (χ4v) is 2.75. The molecule has 2 rings (SSSR count). The predicted octanol–water partition coefficient (Wildman–Crippen LogP) is 3.23. The van der Waals surface area contributed by atoms with Crippen molar-refractivity contribution in [2.45, 2.75) is 64.8 Å². The summed E-state index contributed by atoms with van der Waals surface area (Å²) in [5.41, 5.74) is 0.711. The summed E-state index contributed by atoms with van der Waals surface area (Å²) >= 11 is 0. The molecule has 0 spiro atoms. The standard InChI is InChI=1S/C14H23N3O/c1-2-10-17-13(11-15-16-17)14(18)12-8-6-4-3-5-7-9-12/h11-12H,2-10H2,1H3. The van der Waals surface area contributed by atoms with Gasteiger partial charge >= 0.3 is 0 Å². The van der Waals surface area contributed by atoms with Crippen LogP contribution in [-0.4, -0.2) is 20.8 Å². The Balaban J connectivity index is 2.06. The maximum atomic E-state index is 12.5. The van der Waals surface area contributed by atoms with Gasteiger partial charge in [0.05, 0.1) is 6.20 Å². The Morgan fingerprint density at radius 2 is 1.94 bits per heavy atom. The number of hydrogen-bond acceptors (Lipinski definition) is 3. The minimum atomic E-state index is 0.194. The van der Waals surface area contributed by atoms with Gasteiger partial charge < -0.3 is 0 Å². The maximum Gasteiger partial charge on any atom is 0.185 e. The molecule has 0 saturated heterocycles. The van der Waals surface area contributed by atoms with E-state index in [2.05, 4.69) is 17.2 Å². The lowest BCUT2D eigenvalue weighted by atomic mass is 9.87. The third-order valence-corrected chi connectivity index (χ3v) is 3.78. The first kappa shape index (κ1) is 13.2. The Labute approximate surface area is 109 Å². The van der Waals surface area contributed by atoms with Crippen LogP contribution in [0.4, 0.5) is 0 Å². The quantitative estimate of drug-likeness (QED) is 0.770. The van der Waals surface area contributed by atoms with Crippen molar-refractivity contribution >= 4 is 5.78 Å². The van der Waals surface area contributed by atoms with Crippen LogP contribution in [0.15, 0.2) is 6.20 Å². The fourth-order valence-electron chi connectivity index (χ4n) is 2.75. The minimum Gasteiger partial charge on any atom is -0.292 e. The summed E-state index contributed by atoms with van der Waals surface area (Å²) in [6, 6.07) is 0. The van der Waals surface area contributed by atoms with Gasteiger partial charge in [0.15, 0.2) is 5.78 Å². The lowest BCUT2D eigenvalue weighted by Crippen LogP contribution is -2.20. The molecular weight excluding hydrogens is 226 g/mol. The molecule has 1 fully saturated rings. The third kappa shape index (κ3) is 3.18. The molecule has 0 atom stereocenters. The first-order valence-corrected chi connectivity index (χ1v) is 7.25. The Hall–Kier alpha value is -1.19. The maximum absolute atomic E-state index is 12.5. The first-order chi connectivity index (χ1) is 8.83. The molecule has 1 aliphatic rings. The molecule has 0 aromatic carbocycles. The van der Waals surface area contributed by atoms with E-state index in [1.807, 2.05) is 0 Å². The fraction of sp³-hybridized carbons (Fsp3) is 0.786. The van der Waals surface area contributed by atoms with Crippen LogP contribution < -0.4 is 0 Å². The van der Waals surface area contributed by atoms with Gasteiger partial charge in [0.25, 0.3) is 0 Å². The van der Waals surface area contributed by atoms with Crippen LogP contribution in [0.25, 0.3) is 0 Å². The van der Waals surface area contributed by atoms with Gasteiger partial charge in [-0.05, 0) is 19.3 Å². The van der Waals surface area contributed by atoms with Gasteiger partial charge in [0.2, 0.25) is 0 Å². The number of nitrogens with zero attached hydrogens (tertiary/aromatic N) is 3. The van der Waals surface area contributed by atoms with Crippen molar-refractivity contribution in [2.24, 2.45) is 5.92 Å². The zero-order valence-corrected chi connectivity index (χ0v) is 11.3. The first-order valence-electron chi connectivity index (χ1n) is 7.25. The van der Waals surface area contributed by atoms with E-state index in [-0.39, 0.29) is 11.7 Å². The largest absolute Gasteiger partial charge is 0.292 e. The number of carbonyl (C=O) groups excluding carboxylic acids is 1. The second-order valence-electron chi connectivity index (χ2n) is 5.25. The SMILES string of the molecule is CCCn1nncc1C(=O)C1CCCCCCC1. The molecule has 1 saturated carbocycles. The number of rotatable bonds is 4. The van der Waals surface area contributed by atoms with Crippen LogP contribution in [0.5, 0.6) is 0 Å². The normalized spacial score (nSPS) is 18.3. The molecule has 1 aromatic heterocycles. The summed E-state index contributed by atoms with van der Waals surface area (Å²) in [6.07, 6.45) is 10.9. The van der Waals surface area contributed by atoms with Gasteiger partial charge in [0.1, 0.15) is 5.69 Å². The highest BCUT2D eigenvalue weighted by Crippen LogP contribution is 2.25. The highest BCUT2D eigenvalue weighted by atomic mass is 16.1. The molecule has 0 radical (unpaired) electrons. The van der Waals surface area contributed by atoms with E-state index in [0.29, 0.717) is 5.69 Å². The molecule has 4 nitrogen and oxygen atoms in total. The Morgan fingerprint density at radius 3 is 2.61 bits per heavy atom. The van der Waals surface area contributed by atoms with E-state index in [9.17, 15) is 4.79 Å². The smallest absolute Gasteiger partial charge is 0.185 e. The minimum absolute atomic E-state index is 0.194. The Kier molecular flexibility index (Phi) is 4.90. The average molecular weight is 249 g/mol. The number of ketones is 1. The predicted molar refractivity (Wildman–Crippen MR) is 70.5 cm³/mol. The summed E-state index contributed by atoms with van der Waals surface area (Å²) < 4.78 is 1.76. The zero-order chi connectivity index (χ0) is 12.8. The number of hydrogen-bond donors (Lipinski definition) is 0. The molecular formula is C14H23N3O. The van der Waals surface area contributed by atoms with Crippen molar-refractivity contribution < 1.29 is 4.79 Å². The summed E-state index contributed by atoms with van der Waals surface area (Å²) in [7, 11) is 0. The molecule has 1 heterocycles. The van der Waals surface area contributed by atoms with Gasteiger partial charge in [-0.2, -0.15) is 0 Å². The second-order valence-corrected chi connectivity index (χ2v) is 5.25. The van der Waals surface area contributed by atoms with Crippen LogP contribution in [0.1, 0.15) is 68.8 Å². The molecule has 0 unspecified atom stereocenters. The number of aromatic nitrogens is 3. The van der Waals surface area contributed by atoms with Crippen molar-refractivity contribution in [1.82, 2.24) is 15.0 Å². The van der Waals surface area contributed by atoms with Gasteiger partial charge in [-0.3, -0.25) is 4.79 Å². The molecule has 0 aliphatic heterocycles. The van der Waals surface area contributed by atoms with E-state index >= 15 is 0 Å². The van der Waals surface area contributed by atoms with Crippen molar-refractivity contribution in [3.8, 4) is 0 Å². The summed E-state index contributed by atoms with van der Waals surface area (Å²) in [5, 5.41) is 7.90. The summed E-state index contributed by atoms with van der Waals surface area (Å²) in [5.74, 6) is 0.453. The summed E-state index contributed by atoms with van der Waals surface area (Å²) in [4.78, 5) is 12.5. The van der Waals surface area contributed by atoms with Crippen LogP contribution in [0, 0.1) is 5.92 Å². The number of aryl methyl sites for hydroxylation is 1. The van der Waals surface area contributed by atoms with Crippen LogP contribution in [-0.2, 0) is 6.54 Å². The topological polar surface area (TPSA) is 47.8 Å². The van der Waals surface area contributed by atoms with Crippen LogP contribution in [0.2, 0.25) is 0 Å². The van der Waals surface area contributed by atoms with Gasteiger partial charge in [-0.25, -0.2) is 4.68 Å². The van der Waals surface area contributed by atoms with Gasteiger partial charge in [0, 0.05) is 12.5 Å². The Morgan fingerprint density at radius 1 is 1.28 bits per heavy atom. The van der Waals surface area contributed by atoms with E-state index in [4.69, 9.17) is 0 Å². The van der Waals surface area contributed by atoms with Gasteiger partial charge in [-0.1, -0.05) is 44.2 Å². The molecule has 1 aliphatic carbocycles. The van der Waals surface area contributed by atoms with Gasteiger partial charge in [-0.15, -0.1) is 5.10 Å². The molecule has 100 valence electrons.